The number of carboxylic acid groups (broad SMARTS) is 1. The zero-order valence-electron chi connectivity index (χ0n) is 16.5. The van der Waals surface area contributed by atoms with Gasteiger partial charge in [0.2, 0.25) is 5.43 Å². The molecule has 2 N–H and O–H groups in total. The summed E-state index contributed by atoms with van der Waals surface area (Å²) in [4.78, 5) is 25.3. The molecule has 2 aromatic rings. The minimum absolute atomic E-state index is 0.00726. The van der Waals surface area contributed by atoms with E-state index in [0.717, 1.165) is 31.9 Å². The lowest BCUT2D eigenvalue weighted by atomic mass is 9.88. The van der Waals surface area contributed by atoms with Crippen molar-refractivity contribution < 1.29 is 23.4 Å². The van der Waals surface area contributed by atoms with Crippen molar-refractivity contribution in [2.45, 2.75) is 38.3 Å². The fraction of sp³-hybridized carbons (Fsp3) is 0.524. The first-order chi connectivity index (χ1) is 14.3. The van der Waals surface area contributed by atoms with E-state index in [9.17, 15) is 9.59 Å². The fourth-order valence-electron chi connectivity index (χ4n) is 4.98. The maximum absolute atomic E-state index is 15.7. The minimum Gasteiger partial charge on any atom is -0.449 e. The molecule has 9 heteroatoms. The number of carbonyl (C=O) groups is 1. The predicted molar refractivity (Wildman–Crippen MR) is 106 cm³/mol. The molecule has 0 bridgehead atoms. The summed E-state index contributed by atoms with van der Waals surface area (Å²) in [6.45, 7) is 4.11. The Bertz CT molecular complexity index is 1100. The van der Waals surface area contributed by atoms with Gasteiger partial charge in [0.1, 0.15) is 11.5 Å². The Morgan fingerprint density at radius 1 is 1.30 bits per heavy atom. The second-order valence-corrected chi connectivity index (χ2v) is 8.77. The van der Waals surface area contributed by atoms with Gasteiger partial charge in [-0.15, -0.1) is 0 Å². The molecule has 1 aromatic heterocycles. The Morgan fingerprint density at radius 3 is 2.77 bits per heavy atom. The molecule has 1 aromatic carbocycles. The van der Waals surface area contributed by atoms with Crippen LogP contribution in [0, 0.1) is 23.5 Å². The SMILES string of the molecule is CC1CNC2CN(c3c(F)cc4c(=O)c(OC(=O)O)cn(C5CC5)c4c3F)CC2C1. The Balaban J connectivity index is 1.64. The zero-order valence-corrected chi connectivity index (χ0v) is 16.5. The van der Waals surface area contributed by atoms with Gasteiger partial charge in [-0.1, -0.05) is 6.92 Å². The molecular formula is C21H23F2N3O4. The summed E-state index contributed by atoms with van der Waals surface area (Å²) in [5.41, 5.74) is -0.945. The first-order valence-electron chi connectivity index (χ1n) is 10.3. The smallest absolute Gasteiger partial charge is 0.449 e. The first-order valence-corrected chi connectivity index (χ1v) is 10.3. The van der Waals surface area contributed by atoms with E-state index in [1.807, 2.05) is 0 Å². The van der Waals surface area contributed by atoms with Gasteiger partial charge in [0.05, 0.1) is 17.1 Å². The van der Waals surface area contributed by atoms with Gasteiger partial charge >= 0.3 is 6.16 Å². The van der Waals surface area contributed by atoms with Gasteiger partial charge < -0.3 is 24.6 Å². The molecule has 3 aliphatic rings. The van der Waals surface area contributed by atoms with Crippen LogP contribution in [-0.2, 0) is 0 Å². The van der Waals surface area contributed by atoms with Gasteiger partial charge in [0.15, 0.2) is 11.6 Å². The Hall–Kier alpha value is -2.68. The van der Waals surface area contributed by atoms with Gasteiger partial charge in [0, 0.05) is 25.2 Å². The molecule has 160 valence electrons. The van der Waals surface area contributed by atoms with E-state index in [1.54, 1.807) is 4.90 Å². The summed E-state index contributed by atoms with van der Waals surface area (Å²) in [5.74, 6) is -1.20. The molecule has 5 rings (SSSR count). The molecule has 2 saturated heterocycles. The van der Waals surface area contributed by atoms with Crippen LogP contribution >= 0.6 is 0 Å². The number of ether oxygens (including phenoxy) is 1. The highest BCUT2D eigenvalue weighted by Crippen LogP contribution is 2.41. The van der Waals surface area contributed by atoms with Crippen LogP contribution in [0.5, 0.6) is 5.75 Å². The van der Waals surface area contributed by atoms with Crippen molar-refractivity contribution in [3.05, 3.63) is 34.1 Å². The number of benzene rings is 1. The lowest BCUT2D eigenvalue weighted by Gasteiger charge is -2.29. The van der Waals surface area contributed by atoms with E-state index in [-0.39, 0.29) is 28.7 Å². The normalized spacial score (nSPS) is 26.1. The quantitative estimate of drug-likeness (QED) is 0.744. The van der Waals surface area contributed by atoms with Crippen molar-refractivity contribution in [2.75, 3.05) is 24.5 Å². The van der Waals surface area contributed by atoms with Crippen LogP contribution in [0.3, 0.4) is 0 Å². The van der Waals surface area contributed by atoms with Crippen molar-refractivity contribution in [1.82, 2.24) is 9.88 Å². The second-order valence-electron chi connectivity index (χ2n) is 8.77. The van der Waals surface area contributed by atoms with Crippen molar-refractivity contribution in [3.8, 4) is 5.75 Å². The summed E-state index contributed by atoms with van der Waals surface area (Å²) in [6, 6.07) is 1.13. The van der Waals surface area contributed by atoms with Crippen molar-refractivity contribution >= 4 is 22.7 Å². The number of nitrogens with one attached hydrogen (secondary N) is 1. The number of nitrogens with zero attached hydrogens (tertiary/aromatic N) is 2. The predicted octanol–water partition coefficient (Wildman–Crippen LogP) is 3.11. The van der Waals surface area contributed by atoms with Crippen molar-refractivity contribution in [2.24, 2.45) is 11.8 Å². The molecule has 3 heterocycles. The number of rotatable bonds is 3. The molecule has 7 nitrogen and oxygen atoms in total. The topological polar surface area (TPSA) is 83.8 Å². The minimum atomic E-state index is -1.65. The van der Waals surface area contributed by atoms with E-state index >= 15 is 8.78 Å². The summed E-state index contributed by atoms with van der Waals surface area (Å²) in [5, 5.41) is 12.2. The zero-order chi connectivity index (χ0) is 21.2. The maximum Gasteiger partial charge on any atom is 0.511 e. The van der Waals surface area contributed by atoms with Crippen LogP contribution in [0.15, 0.2) is 17.1 Å². The molecule has 3 unspecified atom stereocenters. The van der Waals surface area contributed by atoms with Gasteiger partial charge in [-0.2, -0.15) is 0 Å². The third-order valence-electron chi connectivity index (χ3n) is 6.48. The molecular weight excluding hydrogens is 396 g/mol. The first kappa shape index (κ1) is 19.3. The number of hydrogen-bond acceptors (Lipinski definition) is 5. The number of hydrogen-bond donors (Lipinski definition) is 2. The summed E-state index contributed by atoms with van der Waals surface area (Å²) in [6.07, 6.45) is 2.13. The van der Waals surface area contributed by atoms with Gasteiger partial charge in [-0.05, 0) is 43.7 Å². The molecule has 0 radical (unpaired) electrons. The fourth-order valence-corrected chi connectivity index (χ4v) is 4.98. The number of halogens is 2. The molecule has 3 atom stereocenters. The average molecular weight is 419 g/mol. The van der Waals surface area contributed by atoms with Gasteiger partial charge in [-0.25, -0.2) is 13.6 Å². The summed E-state index contributed by atoms with van der Waals surface area (Å²) >= 11 is 0. The molecule has 0 amide bonds. The molecule has 3 fully saturated rings. The van der Waals surface area contributed by atoms with E-state index in [0.29, 0.717) is 24.9 Å². The van der Waals surface area contributed by atoms with E-state index < -0.39 is 29.0 Å². The highest BCUT2D eigenvalue weighted by atomic mass is 19.1. The molecule has 0 spiro atoms. The van der Waals surface area contributed by atoms with E-state index in [1.165, 1.54) is 10.8 Å². The lowest BCUT2D eigenvalue weighted by Crippen LogP contribution is -2.44. The Labute approximate surface area is 171 Å². The lowest BCUT2D eigenvalue weighted by molar-refractivity contribution is 0.143. The molecule has 1 saturated carbocycles. The third-order valence-corrected chi connectivity index (χ3v) is 6.48. The van der Waals surface area contributed by atoms with Crippen molar-refractivity contribution in [1.29, 1.82) is 0 Å². The monoisotopic (exact) mass is 419 g/mol. The highest BCUT2D eigenvalue weighted by molar-refractivity contribution is 5.86. The number of aromatic nitrogens is 1. The van der Waals surface area contributed by atoms with Crippen LogP contribution in [0.2, 0.25) is 0 Å². The third kappa shape index (κ3) is 3.12. The van der Waals surface area contributed by atoms with E-state index in [4.69, 9.17) is 5.11 Å². The number of pyridine rings is 1. The van der Waals surface area contributed by atoms with Crippen molar-refractivity contribution in [3.63, 3.8) is 0 Å². The number of fused-ring (bicyclic) bond motifs is 2. The largest absolute Gasteiger partial charge is 0.511 e. The maximum atomic E-state index is 15.7. The van der Waals surface area contributed by atoms with Gasteiger partial charge in [-0.3, -0.25) is 4.79 Å². The molecule has 30 heavy (non-hydrogen) atoms. The van der Waals surface area contributed by atoms with Crippen LogP contribution in [-0.4, -0.2) is 41.5 Å². The molecule has 1 aliphatic carbocycles. The standard InChI is InChI=1S/C21H23F2N3O4/c1-10-4-11-7-25(8-15(11)24-6-10)19-14(22)5-13-18(17(19)23)26(12-2-3-12)9-16(20(13)27)30-21(28)29/h5,9-12,15,24H,2-4,6-8H2,1H3,(H,28,29). The second kappa shape index (κ2) is 6.94. The molecule has 2 aliphatic heterocycles. The number of piperidine rings is 1. The van der Waals surface area contributed by atoms with Crippen LogP contribution in [0.4, 0.5) is 19.3 Å². The van der Waals surface area contributed by atoms with E-state index in [2.05, 4.69) is 17.0 Å². The Morgan fingerprint density at radius 2 is 2.07 bits per heavy atom. The average Bonchev–Trinajstić information content (AvgIpc) is 3.44. The summed E-state index contributed by atoms with van der Waals surface area (Å²) < 4.78 is 36.9. The van der Waals surface area contributed by atoms with Gasteiger partial charge in [0.25, 0.3) is 0 Å². The highest BCUT2D eigenvalue weighted by Gasteiger charge is 2.39. The number of anilines is 1. The van der Waals surface area contributed by atoms with Crippen LogP contribution in [0.1, 0.15) is 32.2 Å². The Kier molecular flexibility index (Phi) is 4.46. The van der Waals surface area contributed by atoms with Crippen LogP contribution < -0.4 is 20.4 Å². The van der Waals surface area contributed by atoms with Crippen LogP contribution in [0.25, 0.3) is 10.9 Å². The summed E-state index contributed by atoms with van der Waals surface area (Å²) in [7, 11) is 0.